The first kappa shape index (κ1) is 12.6. The first-order chi connectivity index (χ1) is 7.97. The van der Waals surface area contributed by atoms with Crippen LogP contribution in [0.25, 0.3) is 0 Å². The van der Waals surface area contributed by atoms with Crippen LogP contribution in [0.1, 0.15) is 36.6 Å². The van der Waals surface area contributed by atoms with E-state index in [4.69, 9.17) is 5.14 Å². The largest absolute Gasteiger partial charge is 0.388 e. The highest BCUT2D eigenvalue weighted by molar-refractivity contribution is 7.89. The Morgan fingerprint density at radius 3 is 3.00 bits per heavy atom. The molecule has 0 bridgehead atoms. The van der Waals surface area contributed by atoms with Gasteiger partial charge in [-0.25, -0.2) is 13.6 Å². The van der Waals surface area contributed by atoms with Gasteiger partial charge < -0.3 is 9.67 Å². The average Bonchev–Trinajstić information content (AvgIpc) is 2.61. The number of primary sulfonamides is 1. The number of rotatable bonds is 4. The number of nitrogens with zero attached hydrogens (tertiary/aromatic N) is 1. The van der Waals surface area contributed by atoms with Crippen LogP contribution in [0.4, 0.5) is 0 Å². The summed E-state index contributed by atoms with van der Waals surface area (Å²) >= 11 is 0. The van der Waals surface area contributed by atoms with Gasteiger partial charge in [0.15, 0.2) is 0 Å². The van der Waals surface area contributed by atoms with Crippen LogP contribution in [0, 0.1) is 0 Å². The van der Waals surface area contributed by atoms with Crippen LogP contribution in [-0.2, 0) is 23.0 Å². The van der Waals surface area contributed by atoms with Crippen molar-refractivity contribution in [1.82, 2.24) is 4.57 Å². The molecule has 5 nitrogen and oxygen atoms in total. The molecule has 0 radical (unpaired) electrons. The molecule has 0 spiro atoms. The molecule has 0 fully saturated rings. The normalized spacial score (nSPS) is 20.2. The predicted octanol–water partition coefficient (Wildman–Crippen LogP) is 0.536. The zero-order chi connectivity index (χ0) is 12.5. The summed E-state index contributed by atoms with van der Waals surface area (Å²) in [7, 11) is -3.37. The molecule has 3 N–H and O–H groups in total. The molecule has 2 rings (SSSR count). The van der Waals surface area contributed by atoms with Gasteiger partial charge in [-0.1, -0.05) is 0 Å². The van der Waals surface area contributed by atoms with Gasteiger partial charge in [0.05, 0.1) is 11.9 Å². The molecule has 1 unspecified atom stereocenters. The molecule has 1 aliphatic carbocycles. The Morgan fingerprint density at radius 2 is 2.29 bits per heavy atom. The smallest absolute Gasteiger partial charge is 0.209 e. The fraction of sp³-hybridized carbons (Fsp3) is 0.636. The van der Waals surface area contributed by atoms with Crippen molar-refractivity contribution < 1.29 is 13.5 Å². The summed E-state index contributed by atoms with van der Waals surface area (Å²) in [5.41, 5.74) is 2.13. The molecule has 1 aromatic heterocycles. The van der Waals surface area contributed by atoms with Crippen molar-refractivity contribution in [3.8, 4) is 0 Å². The van der Waals surface area contributed by atoms with E-state index in [2.05, 4.69) is 0 Å². The first-order valence-electron chi connectivity index (χ1n) is 5.84. The van der Waals surface area contributed by atoms with E-state index >= 15 is 0 Å². The Labute approximate surface area is 101 Å². The van der Waals surface area contributed by atoms with E-state index in [0.717, 1.165) is 30.5 Å². The minimum absolute atomic E-state index is 0.00249. The van der Waals surface area contributed by atoms with Crippen molar-refractivity contribution in [3.05, 3.63) is 23.5 Å². The standard InChI is InChI=1S/C11H18N2O3S/c12-17(15,16)8-2-6-13-7-5-9-10(13)3-1-4-11(9)14/h5,7,11,14H,1-4,6,8H2,(H2,12,15,16). The summed E-state index contributed by atoms with van der Waals surface area (Å²) in [5, 5.41) is 14.8. The Bertz CT molecular complexity index is 493. The summed E-state index contributed by atoms with van der Waals surface area (Å²) in [6, 6.07) is 1.93. The van der Waals surface area contributed by atoms with Gasteiger partial charge in [0, 0.05) is 24.0 Å². The zero-order valence-corrected chi connectivity index (χ0v) is 10.5. The molecule has 6 heteroatoms. The topological polar surface area (TPSA) is 85.3 Å². The number of hydrogen-bond donors (Lipinski definition) is 2. The van der Waals surface area contributed by atoms with Crippen molar-refractivity contribution >= 4 is 10.0 Å². The molecule has 1 heterocycles. The first-order valence-corrected chi connectivity index (χ1v) is 7.55. The summed E-state index contributed by atoms with van der Waals surface area (Å²) in [6.45, 7) is 0.637. The second kappa shape index (κ2) is 4.80. The van der Waals surface area contributed by atoms with E-state index in [0.29, 0.717) is 13.0 Å². The third kappa shape index (κ3) is 3.08. The van der Waals surface area contributed by atoms with E-state index in [9.17, 15) is 13.5 Å². The molecular formula is C11H18N2O3S. The molecule has 0 aromatic carbocycles. The van der Waals surface area contributed by atoms with Gasteiger partial charge in [0.2, 0.25) is 10.0 Å². The highest BCUT2D eigenvalue weighted by atomic mass is 32.2. The maximum Gasteiger partial charge on any atom is 0.209 e. The summed E-state index contributed by atoms with van der Waals surface area (Å²) in [5.74, 6) is 0.00249. The van der Waals surface area contributed by atoms with Crippen molar-refractivity contribution in [3.63, 3.8) is 0 Å². The van der Waals surface area contributed by atoms with E-state index < -0.39 is 10.0 Å². The number of aryl methyl sites for hydroxylation is 1. The van der Waals surface area contributed by atoms with E-state index in [1.807, 2.05) is 16.8 Å². The van der Waals surface area contributed by atoms with Crippen LogP contribution >= 0.6 is 0 Å². The van der Waals surface area contributed by atoms with Gasteiger partial charge in [-0.3, -0.25) is 0 Å². The number of aliphatic hydroxyl groups excluding tert-OH is 1. The van der Waals surface area contributed by atoms with E-state index in [-0.39, 0.29) is 11.9 Å². The molecule has 0 saturated heterocycles. The Kier molecular flexibility index (Phi) is 3.56. The van der Waals surface area contributed by atoms with Crippen LogP contribution in [0.3, 0.4) is 0 Å². The van der Waals surface area contributed by atoms with Crippen molar-refractivity contribution in [2.24, 2.45) is 5.14 Å². The van der Waals surface area contributed by atoms with Gasteiger partial charge >= 0.3 is 0 Å². The lowest BCUT2D eigenvalue weighted by Crippen LogP contribution is -2.18. The average molecular weight is 258 g/mol. The fourth-order valence-electron chi connectivity index (χ4n) is 2.38. The van der Waals surface area contributed by atoms with Gasteiger partial charge in [-0.2, -0.15) is 0 Å². The molecule has 1 atom stereocenters. The lowest BCUT2D eigenvalue weighted by atomic mass is 9.95. The number of aliphatic hydroxyl groups is 1. The lowest BCUT2D eigenvalue weighted by Gasteiger charge is -2.20. The second-order valence-corrected chi connectivity index (χ2v) is 6.27. The van der Waals surface area contributed by atoms with E-state index in [1.165, 1.54) is 0 Å². The minimum Gasteiger partial charge on any atom is -0.388 e. The molecule has 0 saturated carbocycles. The number of aromatic nitrogens is 1. The van der Waals surface area contributed by atoms with Crippen LogP contribution in [-0.4, -0.2) is 23.8 Å². The highest BCUT2D eigenvalue weighted by Crippen LogP contribution is 2.30. The van der Waals surface area contributed by atoms with E-state index in [1.54, 1.807) is 0 Å². The molecule has 1 aromatic rings. The Hall–Kier alpha value is -0.850. The third-order valence-electron chi connectivity index (χ3n) is 3.19. The van der Waals surface area contributed by atoms with Crippen molar-refractivity contribution in [2.45, 2.75) is 38.3 Å². The quantitative estimate of drug-likeness (QED) is 0.826. The summed E-state index contributed by atoms with van der Waals surface area (Å²) < 4.78 is 23.7. The van der Waals surface area contributed by atoms with Crippen LogP contribution < -0.4 is 5.14 Å². The number of nitrogens with two attached hydrogens (primary N) is 1. The van der Waals surface area contributed by atoms with Crippen molar-refractivity contribution in [1.29, 1.82) is 0 Å². The maximum atomic E-state index is 10.8. The molecular weight excluding hydrogens is 240 g/mol. The molecule has 17 heavy (non-hydrogen) atoms. The maximum absolute atomic E-state index is 10.8. The van der Waals surface area contributed by atoms with Gasteiger partial charge in [-0.05, 0) is 31.7 Å². The number of hydrogen-bond acceptors (Lipinski definition) is 3. The van der Waals surface area contributed by atoms with Gasteiger partial charge in [0.25, 0.3) is 0 Å². The fourth-order valence-corrected chi connectivity index (χ4v) is 2.91. The molecule has 0 aliphatic heterocycles. The highest BCUT2D eigenvalue weighted by Gasteiger charge is 2.20. The number of sulfonamides is 1. The van der Waals surface area contributed by atoms with Crippen molar-refractivity contribution in [2.75, 3.05) is 5.75 Å². The van der Waals surface area contributed by atoms with Crippen LogP contribution in [0.15, 0.2) is 12.3 Å². The molecule has 1 aliphatic rings. The summed E-state index contributed by atoms with van der Waals surface area (Å²) in [4.78, 5) is 0. The predicted molar refractivity (Wildman–Crippen MR) is 64.9 cm³/mol. The summed E-state index contributed by atoms with van der Waals surface area (Å²) in [6.07, 6.45) is 4.81. The monoisotopic (exact) mass is 258 g/mol. The Balaban J connectivity index is 2.03. The van der Waals surface area contributed by atoms with Crippen LogP contribution in [0.5, 0.6) is 0 Å². The SMILES string of the molecule is NS(=O)(=O)CCCn1ccc2c1CCCC2O. The zero-order valence-electron chi connectivity index (χ0n) is 9.67. The van der Waals surface area contributed by atoms with Gasteiger partial charge in [0.1, 0.15) is 0 Å². The molecule has 0 amide bonds. The van der Waals surface area contributed by atoms with Gasteiger partial charge in [-0.15, -0.1) is 0 Å². The number of fused-ring (bicyclic) bond motifs is 1. The molecule has 96 valence electrons. The third-order valence-corrected chi connectivity index (χ3v) is 4.05. The van der Waals surface area contributed by atoms with Crippen LogP contribution in [0.2, 0.25) is 0 Å². The minimum atomic E-state index is -3.37. The lowest BCUT2D eigenvalue weighted by molar-refractivity contribution is 0.155. The Morgan fingerprint density at radius 1 is 1.53 bits per heavy atom. The second-order valence-electron chi connectivity index (χ2n) is 4.54.